The number of rotatable bonds is 3. The minimum atomic E-state index is -0.270. The summed E-state index contributed by atoms with van der Waals surface area (Å²) in [6.07, 6.45) is 1.98. The first-order chi connectivity index (χ1) is 10.6. The second-order valence-corrected chi connectivity index (χ2v) is 6.41. The largest absolute Gasteiger partial charge is 0.393 e. The van der Waals surface area contributed by atoms with Gasteiger partial charge in [-0.25, -0.2) is 0 Å². The van der Waals surface area contributed by atoms with E-state index in [1.165, 1.54) is 0 Å². The fourth-order valence-electron chi connectivity index (χ4n) is 3.46. The Morgan fingerprint density at radius 1 is 1.36 bits per heavy atom. The van der Waals surface area contributed by atoms with Crippen LogP contribution in [-0.4, -0.2) is 40.1 Å². The van der Waals surface area contributed by atoms with E-state index < -0.39 is 0 Å². The van der Waals surface area contributed by atoms with Gasteiger partial charge in [0.1, 0.15) is 0 Å². The minimum Gasteiger partial charge on any atom is -0.393 e. The summed E-state index contributed by atoms with van der Waals surface area (Å²) in [7, 11) is 0. The van der Waals surface area contributed by atoms with E-state index in [0.29, 0.717) is 12.3 Å². The average Bonchev–Trinajstić information content (AvgIpc) is 2.83. The lowest BCUT2D eigenvalue weighted by molar-refractivity contribution is -0.132. The highest BCUT2D eigenvalue weighted by Crippen LogP contribution is 2.25. The minimum absolute atomic E-state index is 0.192. The Balaban J connectivity index is 1.70. The fraction of sp³-hybridized carbons (Fsp3) is 0.500. The van der Waals surface area contributed by atoms with Crippen LogP contribution in [0.15, 0.2) is 24.3 Å². The van der Waals surface area contributed by atoms with Crippen molar-refractivity contribution in [1.82, 2.24) is 9.88 Å². The van der Waals surface area contributed by atoms with E-state index in [4.69, 9.17) is 0 Å². The lowest BCUT2D eigenvalue weighted by Crippen LogP contribution is -2.41. The van der Waals surface area contributed by atoms with Crippen LogP contribution in [-0.2, 0) is 11.2 Å². The first kappa shape index (κ1) is 15.1. The van der Waals surface area contributed by atoms with Crippen LogP contribution in [0.4, 0.5) is 0 Å². The van der Waals surface area contributed by atoms with Crippen LogP contribution in [0.3, 0.4) is 0 Å². The lowest BCUT2D eigenvalue weighted by atomic mass is 9.92. The third kappa shape index (κ3) is 2.88. The van der Waals surface area contributed by atoms with Gasteiger partial charge in [-0.1, -0.05) is 18.2 Å². The number of carbonyl (C=O) groups excluding carboxylic acids is 1. The number of aryl methyl sites for hydroxylation is 1. The Bertz CT molecular complexity index is 667. The molecule has 3 rings (SSSR count). The number of fused-ring (bicyclic) bond motifs is 1. The van der Waals surface area contributed by atoms with Crippen molar-refractivity contribution < 1.29 is 9.90 Å². The van der Waals surface area contributed by atoms with E-state index in [2.05, 4.69) is 11.1 Å². The second-order valence-electron chi connectivity index (χ2n) is 6.41. The maximum absolute atomic E-state index is 12.6. The van der Waals surface area contributed by atoms with Crippen molar-refractivity contribution in [2.45, 2.75) is 39.2 Å². The molecule has 0 spiro atoms. The predicted molar refractivity (Wildman–Crippen MR) is 87.7 cm³/mol. The number of nitrogens with one attached hydrogen (secondary N) is 1. The molecule has 1 aliphatic rings. The first-order valence-electron chi connectivity index (χ1n) is 8.08. The van der Waals surface area contributed by atoms with Crippen molar-refractivity contribution in [2.24, 2.45) is 5.92 Å². The van der Waals surface area contributed by atoms with Gasteiger partial charge in [-0.3, -0.25) is 4.79 Å². The standard InChI is InChI=1S/C18H24N2O2/c1-12-16(15-5-3-4-6-17(15)19-12)11-18(22)20-9-7-14(8-10-20)13(2)21/h3-6,13-14,19,21H,7-11H2,1-2H3. The molecule has 2 N–H and O–H groups in total. The van der Waals surface area contributed by atoms with Gasteiger partial charge in [-0.2, -0.15) is 0 Å². The zero-order chi connectivity index (χ0) is 15.7. The summed E-state index contributed by atoms with van der Waals surface area (Å²) in [4.78, 5) is 17.9. The molecule has 1 aliphatic heterocycles. The quantitative estimate of drug-likeness (QED) is 0.915. The van der Waals surface area contributed by atoms with Gasteiger partial charge in [0.25, 0.3) is 0 Å². The first-order valence-corrected chi connectivity index (χ1v) is 8.08. The zero-order valence-electron chi connectivity index (χ0n) is 13.3. The van der Waals surface area contributed by atoms with E-state index in [1.54, 1.807) is 0 Å². The van der Waals surface area contributed by atoms with Gasteiger partial charge >= 0.3 is 0 Å². The number of aliphatic hydroxyl groups is 1. The van der Waals surface area contributed by atoms with Crippen LogP contribution in [0.1, 0.15) is 31.0 Å². The molecule has 2 aromatic rings. The molecule has 1 amide bonds. The maximum Gasteiger partial charge on any atom is 0.227 e. The summed E-state index contributed by atoms with van der Waals surface area (Å²) >= 11 is 0. The number of H-pyrrole nitrogens is 1. The molecule has 1 aromatic heterocycles. The molecular formula is C18H24N2O2. The molecule has 4 heteroatoms. The van der Waals surface area contributed by atoms with Gasteiger partial charge in [0.05, 0.1) is 12.5 Å². The van der Waals surface area contributed by atoms with Crippen LogP contribution >= 0.6 is 0 Å². The van der Waals surface area contributed by atoms with E-state index in [-0.39, 0.29) is 12.0 Å². The van der Waals surface area contributed by atoms with Crippen LogP contribution in [0.25, 0.3) is 10.9 Å². The van der Waals surface area contributed by atoms with Crippen molar-refractivity contribution in [2.75, 3.05) is 13.1 Å². The number of amides is 1. The molecule has 118 valence electrons. The number of likely N-dealkylation sites (tertiary alicyclic amines) is 1. The van der Waals surface area contributed by atoms with Crippen LogP contribution in [0, 0.1) is 12.8 Å². The van der Waals surface area contributed by atoms with Crippen LogP contribution < -0.4 is 0 Å². The van der Waals surface area contributed by atoms with Crippen LogP contribution in [0.2, 0.25) is 0 Å². The van der Waals surface area contributed by atoms with Crippen LogP contribution in [0.5, 0.6) is 0 Å². The van der Waals surface area contributed by atoms with Gasteiger partial charge in [-0.05, 0) is 44.2 Å². The zero-order valence-corrected chi connectivity index (χ0v) is 13.3. The van der Waals surface area contributed by atoms with Crippen molar-refractivity contribution >= 4 is 16.8 Å². The fourth-order valence-corrected chi connectivity index (χ4v) is 3.46. The number of aliphatic hydroxyl groups excluding tert-OH is 1. The number of aromatic nitrogens is 1. The Hall–Kier alpha value is -1.81. The molecular weight excluding hydrogens is 276 g/mol. The lowest BCUT2D eigenvalue weighted by Gasteiger charge is -2.33. The summed E-state index contributed by atoms with van der Waals surface area (Å²) < 4.78 is 0. The molecule has 1 fully saturated rings. The number of hydrogen-bond donors (Lipinski definition) is 2. The number of piperidine rings is 1. The highest BCUT2D eigenvalue weighted by molar-refractivity contribution is 5.90. The topological polar surface area (TPSA) is 56.3 Å². The molecule has 0 aliphatic carbocycles. The monoisotopic (exact) mass is 300 g/mol. The number of nitrogens with zero attached hydrogens (tertiary/aromatic N) is 1. The van der Waals surface area contributed by atoms with Gasteiger partial charge in [-0.15, -0.1) is 0 Å². The van der Waals surface area contributed by atoms with Crippen molar-refractivity contribution in [3.05, 3.63) is 35.5 Å². The summed E-state index contributed by atoms with van der Waals surface area (Å²) in [6, 6.07) is 8.13. The van der Waals surface area contributed by atoms with E-state index >= 15 is 0 Å². The molecule has 1 aromatic carbocycles. The normalized spacial score (nSPS) is 17.9. The molecule has 1 unspecified atom stereocenters. The van der Waals surface area contributed by atoms with Crippen molar-refractivity contribution in [3.63, 3.8) is 0 Å². The second kappa shape index (κ2) is 6.13. The number of hydrogen-bond acceptors (Lipinski definition) is 2. The number of para-hydroxylation sites is 1. The van der Waals surface area contributed by atoms with Gasteiger partial charge in [0, 0.05) is 29.7 Å². The molecule has 1 saturated heterocycles. The van der Waals surface area contributed by atoms with Crippen molar-refractivity contribution in [3.8, 4) is 0 Å². The molecule has 2 heterocycles. The third-order valence-electron chi connectivity index (χ3n) is 4.93. The maximum atomic E-state index is 12.6. The smallest absolute Gasteiger partial charge is 0.227 e. The van der Waals surface area contributed by atoms with Crippen molar-refractivity contribution in [1.29, 1.82) is 0 Å². The molecule has 22 heavy (non-hydrogen) atoms. The average molecular weight is 300 g/mol. The Labute approximate surface area is 131 Å². The SMILES string of the molecule is Cc1[nH]c2ccccc2c1CC(=O)N1CCC(C(C)O)CC1. The van der Waals surface area contributed by atoms with E-state index in [0.717, 1.165) is 48.1 Å². The van der Waals surface area contributed by atoms with Gasteiger partial charge in [0.2, 0.25) is 5.91 Å². The summed E-state index contributed by atoms with van der Waals surface area (Å²) in [5.41, 5.74) is 3.28. The number of benzene rings is 1. The highest BCUT2D eigenvalue weighted by atomic mass is 16.3. The van der Waals surface area contributed by atoms with E-state index in [1.807, 2.05) is 36.9 Å². The predicted octanol–water partition coefficient (Wildman–Crippen LogP) is 2.64. The van der Waals surface area contributed by atoms with Gasteiger partial charge in [0.15, 0.2) is 0 Å². The third-order valence-corrected chi connectivity index (χ3v) is 4.93. The Kier molecular flexibility index (Phi) is 4.21. The molecule has 0 radical (unpaired) electrons. The Morgan fingerprint density at radius 2 is 2.05 bits per heavy atom. The highest BCUT2D eigenvalue weighted by Gasteiger charge is 2.26. The molecule has 0 saturated carbocycles. The molecule has 1 atom stereocenters. The summed E-state index contributed by atoms with van der Waals surface area (Å²) in [5.74, 6) is 0.524. The number of carbonyl (C=O) groups is 1. The van der Waals surface area contributed by atoms with Gasteiger partial charge < -0.3 is 15.0 Å². The Morgan fingerprint density at radius 3 is 2.73 bits per heavy atom. The summed E-state index contributed by atoms with van der Waals surface area (Å²) in [5, 5.41) is 10.8. The molecule has 4 nitrogen and oxygen atoms in total. The van der Waals surface area contributed by atoms with E-state index in [9.17, 15) is 9.90 Å². The summed E-state index contributed by atoms with van der Waals surface area (Å²) in [6.45, 7) is 5.39. The molecule has 0 bridgehead atoms. The number of aromatic amines is 1.